The third-order valence-electron chi connectivity index (χ3n) is 3.44. The van der Waals surface area contributed by atoms with Crippen molar-refractivity contribution in [1.29, 1.82) is 0 Å². The number of carbonyl (C=O) groups is 1. The number of amides is 1. The van der Waals surface area contributed by atoms with E-state index in [0.717, 1.165) is 24.8 Å². The lowest BCUT2D eigenvalue weighted by Crippen LogP contribution is -2.51. The monoisotopic (exact) mass is 235 g/mol. The maximum absolute atomic E-state index is 13.3. The van der Waals surface area contributed by atoms with Crippen LogP contribution >= 0.6 is 0 Å². The van der Waals surface area contributed by atoms with Crippen molar-refractivity contribution in [2.75, 3.05) is 0 Å². The highest BCUT2D eigenvalue weighted by molar-refractivity contribution is 5.89. The van der Waals surface area contributed by atoms with Gasteiger partial charge in [0.25, 0.3) is 0 Å². The summed E-state index contributed by atoms with van der Waals surface area (Å²) in [5, 5.41) is 2.94. The van der Waals surface area contributed by atoms with Gasteiger partial charge in [0.2, 0.25) is 5.91 Å². The molecule has 1 aliphatic rings. The minimum Gasteiger partial charge on any atom is -0.353 e. The second kappa shape index (κ2) is 4.47. The first-order valence-electron chi connectivity index (χ1n) is 6.11. The Morgan fingerprint density at radius 1 is 1.41 bits per heavy atom. The number of carbonyl (C=O) groups excluding carboxylic acids is 1. The molecule has 1 fully saturated rings. The van der Waals surface area contributed by atoms with Crippen LogP contribution in [0.5, 0.6) is 0 Å². The molecule has 0 spiro atoms. The lowest BCUT2D eigenvalue weighted by atomic mass is 9.63. The molecule has 1 aromatic rings. The van der Waals surface area contributed by atoms with E-state index in [4.69, 9.17) is 0 Å². The summed E-state index contributed by atoms with van der Waals surface area (Å²) in [7, 11) is 0. The molecule has 1 amide bonds. The van der Waals surface area contributed by atoms with E-state index >= 15 is 0 Å². The highest BCUT2D eigenvalue weighted by atomic mass is 19.1. The Balaban J connectivity index is 2.28. The summed E-state index contributed by atoms with van der Waals surface area (Å²) >= 11 is 0. The van der Waals surface area contributed by atoms with Crippen molar-refractivity contribution in [1.82, 2.24) is 5.32 Å². The summed E-state index contributed by atoms with van der Waals surface area (Å²) in [6, 6.07) is 6.54. The summed E-state index contributed by atoms with van der Waals surface area (Å²) in [6.07, 6.45) is 2.66. The van der Waals surface area contributed by atoms with Gasteiger partial charge in [0.1, 0.15) is 5.82 Å². The van der Waals surface area contributed by atoms with E-state index in [1.807, 2.05) is 19.9 Å². The van der Waals surface area contributed by atoms with Crippen LogP contribution in [0.15, 0.2) is 24.3 Å². The van der Waals surface area contributed by atoms with Crippen LogP contribution in [0, 0.1) is 5.82 Å². The molecule has 1 aliphatic carbocycles. The van der Waals surface area contributed by atoms with E-state index in [9.17, 15) is 9.18 Å². The molecule has 0 heterocycles. The maximum Gasteiger partial charge on any atom is 0.230 e. The van der Waals surface area contributed by atoms with Gasteiger partial charge < -0.3 is 5.32 Å². The second-order valence-electron chi connectivity index (χ2n) is 5.07. The molecule has 1 saturated carbocycles. The number of nitrogens with one attached hydrogen (secondary N) is 1. The highest BCUT2D eigenvalue weighted by Crippen LogP contribution is 2.44. The van der Waals surface area contributed by atoms with Gasteiger partial charge in [-0.2, -0.15) is 0 Å². The van der Waals surface area contributed by atoms with Crippen molar-refractivity contribution in [2.45, 2.75) is 44.6 Å². The van der Waals surface area contributed by atoms with E-state index in [0.29, 0.717) is 0 Å². The van der Waals surface area contributed by atoms with E-state index in [2.05, 4.69) is 5.32 Å². The summed E-state index contributed by atoms with van der Waals surface area (Å²) < 4.78 is 13.3. The largest absolute Gasteiger partial charge is 0.353 e. The van der Waals surface area contributed by atoms with Crippen molar-refractivity contribution < 1.29 is 9.18 Å². The third-order valence-corrected chi connectivity index (χ3v) is 3.44. The quantitative estimate of drug-likeness (QED) is 0.857. The molecule has 0 aliphatic heterocycles. The van der Waals surface area contributed by atoms with Gasteiger partial charge in [-0.15, -0.1) is 0 Å². The molecule has 0 radical (unpaired) electrons. The van der Waals surface area contributed by atoms with Gasteiger partial charge in [-0.25, -0.2) is 4.39 Å². The number of halogens is 1. The van der Waals surface area contributed by atoms with Gasteiger partial charge >= 0.3 is 0 Å². The van der Waals surface area contributed by atoms with E-state index in [1.165, 1.54) is 12.1 Å². The van der Waals surface area contributed by atoms with Gasteiger partial charge in [-0.3, -0.25) is 4.79 Å². The summed E-state index contributed by atoms with van der Waals surface area (Å²) in [5.41, 5.74) is 0.314. The standard InChI is InChI=1S/C14H18FNO/c1-10(2)16-13(17)14(7-4-8-14)11-5-3-6-12(15)9-11/h3,5-6,9-10H,4,7-8H2,1-2H3,(H,16,17). The van der Waals surface area contributed by atoms with Crippen LogP contribution in [0.2, 0.25) is 0 Å². The van der Waals surface area contributed by atoms with Crippen LogP contribution in [0.4, 0.5) is 4.39 Å². The summed E-state index contributed by atoms with van der Waals surface area (Å²) in [5.74, 6) is -0.240. The third kappa shape index (κ3) is 2.19. The zero-order valence-corrected chi connectivity index (χ0v) is 10.3. The zero-order valence-electron chi connectivity index (χ0n) is 10.3. The van der Waals surface area contributed by atoms with Gasteiger partial charge in [-0.1, -0.05) is 18.6 Å². The van der Waals surface area contributed by atoms with Crippen LogP contribution in [0.25, 0.3) is 0 Å². The topological polar surface area (TPSA) is 29.1 Å². The Hall–Kier alpha value is -1.38. The van der Waals surface area contributed by atoms with Crippen molar-refractivity contribution in [3.8, 4) is 0 Å². The molecule has 3 heteroatoms. The molecular formula is C14H18FNO. The molecule has 17 heavy (non-hydrogen) atoms. The van der Waals surface area contributed by atoms with Crippen LogP contribution in [-0.2, 0) is 10.2 Å². The molecule has 2 rings (SSSR count). The molecule has 2 nitrogen and oxygen atoms in total. The van der Waals surface area contributed by atoms with Gasteiger partial charge in [0, 0.05) is 6.04 Å². The summed E-state index contributed by atoms with van der Waals surface area (Å²) in [4.78, 5) is 12.2. The SMILES string of the molecule is CC(C)NC(=O)C1(c2cccc(F)c2)CCC1. The predicted molar refractivity (Wildman–Crippen MR) is 65.2 cm³/mol. The first kappa shape index (κ1) is 12.1. The van der Waals surface area contributed by atoms with Gasteiger partial charge in [0.05, 0.1) is 5.41 Å². The average molecular weight is 235 g/mol. The van der Waals surface area contributed by atoms with Crippen LogP contribution < -0.4 is 5.32 Å². The van der Waals surface area contributed by atoms with Crippen molar-refractivity contribution in [3.63, 3.8) is 0 Å². The minimum absolute atomic E-state index is 0.0318. The Kier molecular flexibility index (Phi) is 3.18. The molecule has 92 valence electrons. The number of benzene rings is 1. The first-order chi connectivity index (χ1) is 8.04. The molecule has 0 unspecified atom stereocenters. The molecule has 0 saturated heterocycles. The lowest BCUT2D eigenvalue weighted by molar-refractivity contribution is -0.130. The highest BCUT2D eigenvalue weighted by Gasteiger charge is 2.45. The Morgan fingerprint density at radius 3 is 2.59 bits per heavy atom. The summed E-state index contributed by atoms with van der Waals surface area (Å²) in [6.45, 7) is 3.88. The van der Waals surface area contributed by atoms with E-state index in [-0.39, 0.29) is 17.8 Å². The van der Waals surface area contributed by atoms with Crippen molar-refractivity contribution in [3.05, 3.63) is 35.6 Å². The minimum atomic E-state index is -0.494. The lowest BCUT2D eigenvalue weighted by Gasteiger charge is -2.41. The molecule has 0 bridgehead atoms. The smallest absolute Gasteiger partial charge is 0.230 e. The van der Waals surface area contributed by atoms with Crippen molar-refractivity contribution >= 4 is 5.91 Å². The first-order valence-corrected chi connectivity index (χ1v) is 6.11. The van der Waals surface area contributed by atoms with Crippen molar-refractivity contribution in [2.24, 2.45) is 0 Å². The Morgan fingerprint density at radius 2 is 2.12 bits per heavy atom. The van der Waals surface area contributed by atoms with E-state index in [1.54, 1.807) is 6.07 Å². The molecule has 0 atom stereocenters. The van der Waals surface area contributed by atoms with Crippen LogP contribution in [0.1, 0.15) is 38.7 Å². The predicted octanol–water partition coefficient (Wildman–Crippen LogP) is 2.77. The fourth-order valence-electron chi connectivity index (χ4n) is 2.36. The second-order valence-corrected chi connectivity index (χ2v) is 5.07. The van der Waals surface area contributed by atoms with Crippen LogP contribution in [0.3, 0.4) is 0 Å². The number of hydrogen-bond donors (Lipinski definition) is 1. The number of hydrogen-bond acceptors (Lipinski definition) is 1. The molecular weight excluding hydrogens is 217 g/mol. The fraction of sp³-hybridized carbons (Fsp3) is 0.500. The number of rotatable bonds is 3. The molecule has 1 N–H and O–H groups in total. The van der Waals surface area contributed by atoms with Gasteiger partial charge in [0.15, 0.2) is 0 Å². The Bertz CT molecular complexity index is 424. The maximum atomic E-state index is 13.3. The van der Waals surface area contributed by atoms with E-state index < -0.39 is 5.41 Å². The fourth-order valence-corrected chi connectivity index (χ4v) is 2.36. The van der Waals surface area contributed by atoms with Gasteiger partial charge in [-0.05, 0) is 44.4 Å². The average Bonchev–Trinajstić information content (AvgIpc) is 2.14. The molecule has 1 aromatic carbocycles. The van der Waals surface area contributed by atoms with Crippen LogP contribution in [-0.4, -0.2) is 11.9 Å². The Labute approximate surface area is 101 Å². The molecule has 0 aromatic heterocycles. The zero-order chi connectivity index (χ0) is 12.5. The normalized spacial score (nSPS) is 17.6.